The summed E-state index contributed by atoms with van der Waals surface area (Å²) in [5, 5.41) is 27.2. The molecule has 3 nitrogen and oxygen atoms in total. The van der Waals surface area contributed by atoms with Gasteiger partial charge in [-0.2, -0.15) is 0 Å². The van der Waals surface area contributed by atoms with Crippen molar-refractivity contribution in [2.75, 3.05) is 0 Å². The third kappa shape index (κ3) is 8.40. The van der Waals surface area contributed by atoms with E-state index in [-0.39, 0.29) is 47.9 Å². The fourth-order valence-electron chi connectivity index (χ4n) is 16.2. The van der Waals surface area contributed by atoms with Crippen LogP contribution in [0.4, 0.5) is 0 Å². The van der Waals surface area contributed by atoms with Crippen LogP contribution in [0.15, 0.2) is 84.9 Å². The van der Waals surface area contributed by atoms with E-state index in [1.165, 1.54) is 123 Å². The van der Waals surface area contributed by atoms with E-state index in [1.54, 1.807) is 0 Å². The van der Waals surface area contributed by atoms with E-state index < -0.39 is 8.07 Å². The first-order valence-electron chi connectivity index (χ1n) is 26.8. The molecule has 0 atom stereocenters. The Morgan fingerprint density at radius 3 is 1.31 bits per heavy atom. The Balaban J connectivity index is 0.00000539. The minimum atomic E-state index is -2.01. The molecule has 13 rings (SSSR count). The van der Waals surface area contributed by atoms with Crippen molar-refractivity contribution >= 4 is 13.3 Å². The Kier molecular flexibility index (Phi) is 12.4. The molecule has 356 valence electrons. The molecule has 8 aliphatic carbocycles. The number of hydrogen-bond donors (Lipinski definition) is 2. The average Bonchev–Trinajstić information content (AvgIpc) is 3.26. The van der Waals surface area contributed by atoms with Crippen LogP contribution in [0, 0.1) is 35.5 Å². The van der Waals surface area contributed by atoms with Crippen molar-refractivity contribution in [2.45, 2.75) is 179 Å². The van der Waals surface area contributed by atoms with Crippen molar-refractivity contribution in [1.82, 2.24) is 4.98 Å². The molecule has 2 N–H and O–H groups in total. The zero-order valence-electron chi connectivity index (χ0n) is 43.0. The van der Waals surface area contributed by atoms with E-state index in [4.69, 9.17) is 4.98 Å². The van der Waals surface area contributed by atoms with Crippen molar-refractivity contribution in [1.29, 1.82) is 0 Å². The summed E-state index contributed by atoms with van der Waals surface area (Å²) in [7, 11) is -2.01. The molecule has 1 aromatic heterocycles. The van der Waals surface area contributed by atoms with Gasteiger partial charge in [0.1, 0.15) is 11.5 Å². The fourth-order valence-corrected chi connectivity index (χ4v) is 19.1. The maximum absolute atomic E-state index is 13.0. The van der Waals surface area contributed by atoms with Gasteiger partial charge in [-0.1, -0.05) is 147 Å². The molecule has 68 heavy (non-hydrogen) atoms. The van der Waals surface area contributed by atoms with Gasteiger partial charge < -0.3 is 10.2 Å². The summed E-state index contributed by atoms with van der Waals surface area (Å²) in [5.41, 5.74) is 13.1. The van der Waals surface area contributed by atoms with Gasteiger partial charge in [0.15, 0.2) is 0 Å². The van der Waals surface area contributed by atoms with Crippen LogP contribution in [0.3, 0.4) is 0 Å². The van der Waals surface area contributed by atoms with Gasteiger partial charge in [0.25, 0.3) is 0 Å². The first kappa shape index (κ1) is 48.4. The molecule has 0 amide bonds. The molecule has 0 spiro atoms. The SMILES string of the molecule is CCCC[Si](C)(C)c1ccc(-c2ccccc2-c2cc(C(C)(C)C)cc(C34CC5CC(CC(C5)C3)C4)c2O)nc1-c1ccccc1-c1cc(C(C)(C)C)cc(C23CC4CC(CC(C4)C2)C3)c1O.[Zr]. The normalized spacial score (nSPS) is 28.2. The largest absolute Gasteiger partial charge is 0.507 e. The number of aromatic hydroxyl groups is 2. The molecular weight excluding hydrogens is 922 g/mol. The number of nitrogens with zero attached hydrogens (tertiary/aromatic N) is 1. The fraction of sp³-hybridized carbons (Fsp3) is 0.540. The summed E-state index contributed by atoms with van der Waals surface area (Å²) in [6.45, 7) is 21.4. The summed E-state index contributed by atoms with van der Waals surface area (Å²) in [4.78, 5) is 5.89. The smallest absolute Gasteiger partial charge is 0.127 e. The van der Waals surface area contributed by atoms with Crippen molar-refractivity contribution < 1.29 is 36.4 Å². The second kappa shape index (κ2) is 17.5. The van der Waals surface area contributed by atoms with Crippen molar-refractivity contribution in [3.8, 4) is 56.3 Å². The Morgan fingerprint density at radius 1 is 0.529 bits per heavy atom. The molecule has 1 heterocycles. The van der Waals surface area contributed by atoms with Gasteiger partial charge in [-0.05, 0) is 180 Å². The van der Waals surface area contributed by atoms with Crippen molar-refractivity contribution in [2.24, 2.45) is 35.5 Å². The van der Waals surface area contributed by atoms with Crippen LogP contribution in [0.5, 0.6) is 11.5 Å². The number of pyridine rings is 1. The summed E-state index contributed by atoms with van der Waals surface area (Å²) in [5.74, 6) is 5.71. The number of phenolic OH excluding ortho intramolecular Hbond substituents is 2. The molecule has 5 aromatic rings. The Labute approximate surface area is 429 Å². The second-order valence-electron chi connectivity index (χ2n) is 26.4. The monoisotopic (exact) mass is 999 g/mol. The van der Waals surface area contributed by atoms with E-state index in [0.29, 0.717) is 11.5 Å². The van der Waals surface area contributed by atoms with Gasteiger partial charge in [-0.25, -0.2) is 4.98 Å². The second-order valence-corrected chi connectivity index (χ2v) is 31.2. The van der Waals surface area contributed by atoms with E-state index in [9.17, 15) is 10.2 Å². The maximum Gasteiger partial charge on any atom is 0.127 e. The maximum atomic E-state index is 13.0. The number of rotatable bonds is 10. The van der Waals surface area contributed by atoms with E-state index >= 15 is 0 Å². The van der Waals surface area contributed by atoms with Crippen LogP contribution in [0.2, 0.25) is 19.1 Å². The van der Waals surface area contributed by atoms with E-state index in [1.807, 2.05) is 0 Å². The standard InChI is InChI=1S/C63H79NO2Si.Zr/c1-10-11-22-67(8,9)56-21-20-55(49-18-14-12-16-47(49)51-29-45(60(2,3)4)31-53(58(51)65)62-33-39-23-40(34-62)25-41(24-39)35-62)64-57(56)50-19-15-13-17-48(50)52-30-46(61(5,6)7)32-54(59(52)66)63-36-42-26-43(37-63)28-44(27-42)38-63;/h12-21,29-32,39-44,65-66H,10-11,22-28,33-38H2,1-9H3;. The number of unbranched alkanes of at least 4 members (excludes halogenated alkanes) is 1. The summed E-state index contributed by atoms with van der Waals surface area (Å²) in [6, 6.07) is 33.0. The zero-order valence-corrected chi connectivity index (χ0v) is 46.5. The Hall–Kier alpha value is -3.27. The van der Waals surface area contributed by atoms with Crippen LogP contribution < -0.4 is 5.19 Å². The summed E-state index contributed by atoms with van der Waals surface area (Å²) < 4.78 is 0. The molecule has 8 fully saturated rings. The molecule has 5 heteroatoms. The number of hydrogen-bond acceptors (Lipinski definition) is 3. The van der Waals surface area contributed by atoms with Gasteiger partial charge in [0, 0.05) is 59.6 Å². The quantitative estimate of drug-likeness (QED) is 0.137. The molecule has 8 aliphatic rings. The average molecular weight is 1000 g/mol. The van der Waals surface area contributed by atoms with Crippen molar-refractivity contribution in [3.63, 3.8) is 0 Å². The van der Waals surface area contributed by atoms with Gasteiger partial charge in [0.05, 0.1) is 19.5 Å². The molecule has 0 radical (unpaired) electrons. The first-order valence-corrected chi connectivity index (χ1v) is 30.0. The molecule has 8 bridgehead atoms. The zero-order chi connectivity index (χ0) is 46.8. The molecule has 8 saturated carbocycles. The van der Waals surface area contributed by atoms with Gasteiger partial charge in [-0.15, -0.1) is 0 Å². The van der Waals surface area contributed by atoms with Crippen LogP contribution in [0.1, 0.15) is 161 Å². The third-order valence-corrected chi connectivity index (χ3v) is 22.4. The molecule has 0 unspecified atom stereocenters. The van der Waals surface area contributed by atoms with Crippen LogP contribution in [0.25, 0.3) is 44.8 Å². The van der Waals surface area contributed by atoms with E-state index in [2.05, 4.69) is 146 Å². The number of aromatic nitrogens is 1. The predicted octanol–water partition coefficient (Wildman–Crippen LogP) is 16.4. The molecule has 4 aromatic carbocycles. The third-order valence-electron chi connectivity index (χ3n) is 18.9. The van der Waals surface area contributed by atoms with Gasteiger partial charge >= 0.3 is 0 Å². The van der Waals surface area contributed by atoms with Crippen LogP contribution >= 0.6 is 0 Å². The van der Waals surface area contributed by atoms with Crippen molar-refractivity contribution in [3.05, 3.63) is 107 Å². The Morgan fingerprint density at radius 2 is 0.912 bits per heavy atom. The van der Waals surface area contributed by atoms with Crippen LogP contribution in [-0.4, -0.2) is 23.3 Å². The molecular formula is C63H79NO2SiZr. The van der Waals surface area contributed by atoms with Gasteiger partial charge in [0.2, 0.25) is 0 Å². The Bertz CT molecular complexity index is 2660. The first-order chi connectivity index (χ1) is 31.8. The minimum Gasteiger partial charge on any atom is -0.507 e. The van der Waals surface area contributed by atoms with E-state index in [0.717, 1.165) is 80.3 Å². The predicted molar refractivity (Wildman–Crippen MR) is 283 cm³/mol. The number of phenols is 2. The van der Waals surface area contributed by atoms with Gasteiger partial charge in [-0.3, -0.25) is 0 Å². The minimum absolute atomic E-state index is 0. The molecule has 0 saturated heterocycles. The summed E-state index contributed by atoms with van der Waals surface area (Å²) >= 11 is 0. The topological polar surface area (TPSA) is 53.4 Å². The van der Waals surface area contributed by atoms with Crippen LogP contribution in [-0.2, 0) is 47.9 Å². The number of benzene rings is 4. The summed E-state index contributed by atoms with van der Waals surface area (Å²) in [6.07, 6.45) is 17.9. The molecule has 0 aliphatic heterocycles.